The van der Waals surface area contributed by atoms with Gasteiger partial charge in [0.1, 0.15) is 0 Å². The van der Waals surface area contributed by atoms with Crippen LogP contribution in [0.5, 0.6) is 0 Å². The first-order valence-electron chi connectivity index (χ1n) is 10.4. The summed E-state index contributed by atoms with van der Waals surface area (Å²) in [7, 11) is 0. The van der Waals surface area contributed by atoms with Crippen LogP contribution in [0.15, 0.2) is 60.7 Å². The zero-order valence-electron chi connectivity index (χ0n) is 17.4. The summed E-state index contributed by atoms with van der Waals surface area (Å²) in [6.07, 6.45) is 0.614. The highest BCUT2D eigenvalue weighted by molar-refractivity contribution is 5.94. The van der Waals surface area contributed by atoms with Gasteiger partial charge in [0.15, 0.2) is 0 Å². The van der Waals surface area contributed by atoms with Gasteiger partial charge in [-0.2, -0.15) is 0 Å². The van der Waals surface area contributed by atoms with Gasteiger partial charge < -0.3 is 15.1 Å². The molecular weight excluding hydrogens is 378 g/mol. The van der Waals surface area contributed by atoms with E-state index in [1.54, 1.807) is 6.92 Å². The molecular formula is C24H27N3O3. The summed E-state index contributed by atoms with van der Waals surface area (Å²) < 4.78 is 0. The van der Waals surface area contributed by atoms with Crippen LogP contribution in [-0.2, 0) is 9.59 Å². The van der Waals surface area contributed by atoms with Crippen molar-refractivity contribution in [3.63, 3.8) is 0 Å². The van der Waals surface area contributed by atoms with Crippen molar-refractivity contribution in [2.45, 2.75) is 31.8 Å². The summed E-state index contributed by atoms with van der Waals surface area (Å²) in [5, 5.41) is 3.17. The minimum Gasteiger partial charge on any atom is -0.349 e. The maximum absolute atomic E-state index is 13.1. The third kappa shape index (κ3) is 3.58. The molecule has 1 N–H and O–H groups in total. The van der Waals surface area contributed by atoms with Crippen LogP contribution in [0, 0.1) is 5.92 Å². The number of carbonyl (C=O) groups excluding carboxylic acids is 3. The van der Waals surface area contributed by atoms with Gasteiger partial charge in [-0.05, 0) is 24.1 Å². The minimum atomic E-state index is -0.536. The van der Waals surface area contributed by atoms with Gasteiger partial charge in [-0.1, -0.05) is 48.5 Å². The van der Waals surface area contributed by atoms with Crippen molar-refractivity contribution >= 4 is 17.7 Å². The largest absolute Gasteiger partial charge is 0.349 e. The Hall–Kier alpha value is -3.15. The van der Waals surface area contributed by atoms with E-state index in [4.69, 9.17) is 0 Å². The Balaban J connectivity index is 1.72. The Kier molecular flexibility index (Phi) is 5.33. The van der Waals surface area contributed by atoms with Crippen LogP contribution in [0.25, 0.3) is 0 Å². The molecule has 156 valence electrons. The quantitative estimate of drug-likeness (QED) is 0.854. The molecule has 0 spiro atoms. The Morgan fingerprint density at radius 1 is 0.967 bits per heavy atom. The predicted octanol–water partition coefficient (Wildman–Crippen LogP) is 2.63. The number of piperidine rings is 1. The highest BCUT2D eigenvalue weighted by atomic mass is 16.2. The number of rotatable bonds is 3. The van der Waals surface area contributed by atoms with Gasteiger partial charge in [-0.15, -0.1) is 0 Å². The predicted molar refractivity (Wildman–Crippen MR) is 114 cm³/mol. The lowest BCUT2D eigenvalue weighted by atomic mass is 9.75. The van der Waals surface area contributed by atoms with Gasteiger partial charge in [0.25, 0.3) is 5.91 Å². The van der Waals surface area contributed by atoms with Crippen LogP contribution < -0.4 is 5.32 Å². The molecule has 0 unspecified atom stereocenters. The molecule has 6 heteroatoms. The fourth-order valence-corrected chi connectivity index (χ4v) is 5.10. The molecule has 0 bridgehead atoms. The minimum absolute atomic E-state index is 0.0138. The smallest absolute Gasteiger partial charge is 0.253 e. The monoisotopic (exact) mass is 405 g/mol. The average molecular weight is 405 g/mol. The van der Waals surface area contributed by atoms with E-state index in [9.17, 15) is 14.4 Å². The SMILES string of the molecule is CC(=O)N[C@@]12CCN(C(=O)c3ccccc3)C[C@@H]1[C@@H](c1ccccc1)N(C(C)=O)C2. The average Bonchev–Trinajstić information content (AvgIpc) is 3.08. The molecule has 2 aromatic carbocycles. The van der Waals surface area contributed by atoms with Gasteiger partial charge in [0.2, 0.25) is 11.8 Å². The van der Waals surface area contributed by atoms with Gasteiger partial charge >= 0.3 is 0 Å². The van der Waals surface area contributed by atoms with Gasteiger partial charge in [0.05, 0.1) is 11.6 Å². The van der Waals surface area contributed by atoms with Crippen molar-refractivity contribution in [2.24, 2.45) is 5.92 Å². The second-order valence-corrected chi connectivity index (χ2v) is 8.31. The standard InChI is InChI=1S/C24H27N3O3/c1-17(28)25-24-13-14-26(23(30)20-11-7-4-8-12-20)15-21(24)22(27(16-24)18(2)29)19-9-5-3-6-10-19/h3-12,21-22H,13-16H2,1-2H3,(H,25,28)/t21-,22-,24-/m1/s1. The lowest BCUT2D eigenvalue weighted by molar-refractivity contribution is -0.130. The van der Waals surface area contributed by atoms with Crippen molar-refractivity contribution in [1.82, 2.24) is 15.1 Å². The zero-order valence-corrected chi connectivity index (χ0v) is 17.4. The molecule has 3 amide bonds. The fraction of sp³-hybridized carbons (Fsp3) is 0.375. The van der Waals surface area contributed by atoms with Gasteiger partial charge in [-0.25, -0.2) is 0 Å². The highest BCUT2D eigenvalue weighted by Gasteiger charge is 2.57. The molecule has 0 radical (unpaired) electrons. The first kappa shape index (κ1) is 20.1. The number of benzene rings is 2. The van der Waals surface area contributed by atoms with E-state index in [0.717, 1.165) is 5.56 Å². The number of amides is 3. The van der Waals surface area contributed by atoms with Crippen molar-refractivity contribution in [3.05, 3.63) is 71.8 Å². The van der Waals surface area contributed by atoms with E-state index in [1.807, 2.05) is 70.5 Å². The van der Waals surface area contributed by atoms with Gasteiger partial charge in [-0.3, -0.25) is 14.4 Å². The number of fused-ring (bicyclic) bond motifs is 1. The van der Waals surface area contributed by atoms with Crippen LogP contribution >= 0.6 is 0 Å². The summed E-state index contributed by atoms with van der Waals surface area (Å²) >= 11 is 0. The molecule has 2 aliphatic rings. The second-order valence-electron chi connectivity index (χ2n) is 8.31. The fourth-order valence-electron chi connectivity index (χ4n) is 5.10. The maximum atomic E-state index is 13.1. The first-order chi connectivity index (χ1) is 14.4. The molecule has 30 heavy (non-hydrogen) atoms. The van der Waals surface area contributed by atoms with Gasteiger partial charge in [0, 0.05) is 45.0 Å². The molecule has 0 aliphatic carbocycles. The van der Waals surface area contributed by atoms with E-state index >= 15 is 0 Å². The van der Waals surface area contributed by atoms with E-state index in [2.05, 4.69) is 5.32 Å². The molecule has 2 fully saturated rings. The summed E-state index contributed by atoms with van der Waals surface area (Å²) in [6, 6.07) is 19.0. The molecule has 4 rings (SSSR count). The third-order valence-corrected chi connectivity index (χ3v) is 6.40. The summed E-state index contributed by atoms with van der Waals surface area (Å²) in [4.78, 5) is 41.5. The van der Waals surface area contributed by atoms with Crippen LogP contribution in [0.4, 0.5) is 0 Å². The lowest BCUT2D eigenvalue weighted by Crippen LogP contribution is -2.61. The first-order valence-corrected chi connectivity index (χ1v) is 10.4. The van der Waals surface area contributed by atoms with E-state index in [-0.39, 0.29) is 29.7 Å². The van der Waals surface area contributed by atoms with Crippen LogP contribution in [0.3, 0.4) is 0 Å². The molecule has 2 heterocycles. The molecule has 2 aliphatic heterocycles. The molecule has 2 aromatic rings. The number of hydrogen-bond donors (Lipinski definition) is 1. The summed E-state index contributed by atoms with van der Waals surface area (Å²) in [6.45, 7) is 4.57. The lowest BCUT2D eigenvalue weighted by Gasteiger charge is -2.45. The third-order valence-electron chi connectivity index (χ3n) is 6.40. The second kappa shape index (κ2) is 7.94. The molecule has 0 saturated carbocycles. The van der Waals surface area contributed by atoms with Crippen molar-refractivity contribution < 1.29 is 14.4 Å². The Bertz CT molecular complexity index is 947. The summed E-state index contributed by atoms with van der Waals surface area (Å²) in [5.41, 5.74) is 1.15. The Labute approximate surface area is 176 Å². The maximum Gasteiger partial charge on any atom is 0.253 e. The molecule has 2 saturated heterocycles. The van der Waals surface area contributed by atoms with Crippen molar-refractivity contribution in [1.29, 1.82) is 0 Å². The summed E-state index contributed by atoms with van der Waals surface area (Å²) in [5.74, 6) is -0.238. The van der Waals surface area contributed by atoms with Crippen molar-refractivity contribution in [3.8, 4) is 0 Å². The van der Waals surface area contributed by atoms with E-state index < -0.39 is 5.54 Å². The van der Waals surface area contributed by atoms with E-state index in [0.29, 0.717) is 31.6 Å². The van der Waals surface area contributed by atoms with Crippen LogP contribution in [-0.4, -0.2) is 52.7 Å². The van der Waals surface area contributed by atoms with Crippen molar-refractivity contribution in [2.75, 3.05) is 19.6 Å². The normalized spacial score (nSPS) is 25.5. The number of carbonyl (C=O) groups is 3. The van der Waals surface area contributed by atoms with Crippen LogP contribution in [0.2, 0.25) is 0 Å². The zero-order chi connectivity index (χ0) is 21.3. The number of likely N-dealkylation sites (tertiary alicyclic amines) is 2. The number of nitrogens with one attached hydrogen (secondary N) is 1. The molecule has 3 atom stereocenters. The number of hydrogen-bond acceptors (Lipinski definition) is 3. The Morgan fingerprint density at radius 3 is 2.20 bits per heavy atom. The highest BCUT2D eigenvalue weighted by Crippen LogP contribution is 2.47. The van der Waals surface area contributed by atoms with E-state index in [1.165, 1.54) is 6.92 Å². The van der Waals surface area contributed by atoms with Crippen LogP contribution in [0.1, 0.15) is 42.2 Å². The number of nitrogens with zero attached hydrogens (tertiary/aromatic N) is 2. The Morgan fingerprint density at radius 2 is 1.60 bits per heavy atom. The topological polar surface area (TPSA) is 69.7 Å². The molecule has 0 aromatic heterocycles. The molecule has 6 nitrogen and oxygen atoms in total.